The Labute approximate surface area is 109 Å². The van der Waals surface area contributed by atoms with Gasteiger partial charge in [-0.3, -0.25) is 0 Å². The van der Waals surface area contributed by atoms with E-state index in [4.69, 9.17) is 17.3 Å². The number of aromatic nitrogens is 4. The van der Waals surface area contributed by atoms with Gasteiger partial charge in [-0.25, -0.2) is 9.97 Å². The van der Waals surface area contributed by atoms with Crippen LogP contribution in [0, 0.1) is 0 Å². The lowest BCUT2D eigenvalue weighted by molar-refractivity contribution is 0.938. The van der Waals surface area contributed by atoms with Crippen LogP contribution in [-0.4, -0.2) is 19.1 Å². The minimum atomic E-state index is 0.399. The van der Waals surface area contributed by atoms with Crippen molar-refractivity contribution in [3.05, 3.63) is 29.7 Å². The molecule has 0 bridgehead atoms. The van der Waals surface area contributed by atoms with Gasteiger partial charge in [0.25, 0.3) is 0 Å². The smallest absolute Gasteiger partial charge is 0.201 e. The molecule has 0 aliphatic rings. The van der Waals surface area contributed by atoms with Crippen molar-refractivity contribution in [2.45, 2.75) is 0 Å². The quantitative estimate of drug-likeness (QED) is 0.731. The van der Waals surface area contributed by atoms with Crippen LogP contribution in [0.1, 0.15) is 0 Å². The topological polar surface area (TPSA) is 61.7 Å². The summed E-state index contributed by atoms with van der Waals surface area (Å²) in [7, 11) is 3.80. The summed E-state index contributed by atoms with van der Waals surface area (Å²) in [6, 6.07) is 5.99. The van der Waals surface area contributed by atoms with Crippen molar-refractivity contribution in [3.8, 4) is 11.3 Å². The molecular formula is C12H12ClN5. The van der Waals surface area contributed by atoms with Crippen LogP contribution in [0.5, 0.6) is 0 Å². The van der Waals surface area contributed by atoms with Gasteiger partial charge in [-0.1, -0.05) is 17.7 Å². The number of nitrogen functional groups attached to an aromatic ring is 1. The van der Waals surface area contributed by atoms with Gasteiger partial charge in [0.05, 0.1) is 23.1 Å². The Balaban J connectivity index is 2.25. The maximum absolute atomic E-state index is 6.10. The third-order valence-corrected chi connectivity index (χ3v) is 3.35. The van der Waals surface area contributed by atoms with Crippen molar-refractivity contribution < 1.29 is 0 Å². The number of aryl methyl sites for hydroxylation is 1. The molecule has 2 N–H and O–H groups in total. The molecule has 18 heavy (non-hydrogen) atoms. The highest BCUT2D eigenvalue weighted by atomic mass is 35.5. The van der Waals surface area contributed by atoms with E-state index >= 15 is 0 Å². The molecule has 0 amide bonds. The molecule has 0 radical (unpaired) electrons. The third kappa shape index (κ3) is 1.48. The summed E-state index contributed by atoms with van der Waals surface area (Å²) in [5.74, 6) is 0.399. The van der Waals surface area contributed by atoms with Gasteiger partial charge >= 0.3 is 0 Å². The van der Waals surface area contributed by atoms with Gasteiger partial charge in [-0.05, 0) is 12.1 Å². The van der Waals surface area contributed by atoms with Crippen molar-refractivity contribution in [2.24, 2.45) is 14.1 Å². The predicted molar refractivity (Wildman–Crippen MR) is 72.3 cm³/mol. The van der Waals surface area contributed by atoms with Gasteiger partial charge in [0.2, 0.25) is 5.95 Å². The minimum absolute atomic E-state index is 0.399. The first-order chi connectivity index (χ1) is 8.58. The molecule has 0 atom stereocenters. The van der Waals surface area contributed by atoms with Crippen molar-refractivity contribution >= 4 is 28.6 Å². The van der Waals surface area contributed by atoms with Crippen molar-refractivity contribution in [3.63, 3.8) is 0 Å². The van der Waals surface area contributed by atoms with Gasteiger partial charge in [0, 0.05) is 19.7 Å². The van der Waals surface area contributed by atoms with Crippen LogP contribution in [0.2, 0.25) is 5.15 Å². The summed E-state index contributed by atoms with van der Waals surface area (Å²) in [4.78, 5) is 8.38. The fourth-order valence-electron chi connectivity index (χ4n) is 2.08. The van der Waals surface area contributed by atoms with Gasteiger partial charge < -0.3 is 14.9 Å². The molecule has 1 aromatic carbocycles. The first-order valence-corrected chi connectivity index (χ1v) is 5.85. The van der Waals surface area contributed by atoms with E-state index in [0.29, 0.717) is 11.1 Å². The second-order valence-electron chi connectivity index (χ2n) is 4.23. The average molecular weight is 262 g/mol. The largest absolute Gasteiger partial charge is 0.369 e. The molecule has 6 heteroatoms. The molecule has 3 rings (SSSR count). The van der Waals surface area contributed by atoms with Crippen LogP contribution in [0.25, 0.3) is 22.3 Å². The molecule has 0 fully saturated rings. The van der Waals surface area contributed by atoms with Crippen LogP contribution in [0.15, 0.2) is 24.5 Å². The highest BCUT2D eigenvalue weighted by molar-refractivity contribution is 6.32. The number of nitrogens with zero attached hydrogens (tertiary/aromatic N) is 4. The fourth-order valence-corrected chi connectivity index (χ4v) is 2.40. The van der Waals surface area contributed by atoms with Crippen LogP contribution in [0.4, 0.5) is 5.95 Å². The van der Waals surface area contributed by atoms with Crippen molar-refractivity contribution in [1.82, 2.24) is 19.1 Å². The van der Waals surface area contributed by atoms with Crippen LogP contribution in [-0.2, 0) is 14.1 Å². The molecule has 5 nitrogen and oxygen atoms in total. The summed E-state index contributed by atoms with van der Waals surface area (Å²) in [5, 5.41) is 0.408. The van der Waals surface area contributed by atoms with Crippen LogP contribution in [0.3, 0.4) is 0 Å². The maximum Gasteiger partial charge on any atom is 0.201 e. The highest BCUT2D eigenvalue weighted by Crippen LogP contribution is 2.30. The zero-order valence-electron chi connectivity index (χ0n) is 10.1. The van der Waals surface area contributed by atoms with Gasteiger partial charge in [-0.2, -0.15) is 0 Å². The Kier molecular flexibility index (Phi) is 2.31. The second-order valence-corrected chi connectivity index (χ2v) is 4.59. The zero-order valence-corrected chi connectivity index (χ0v) is 10.8. The molecule has 3 aromatic rings. The van der Waals surface area contributed by atoms with Crippen molar-refractivity contribution in [2.75, 3.05) is 5.73 Å². The first kappa shape index (κ1) is 11.1. The van der Waals surface area contributed by atoms with E-state index in [9.17, 15) is 0 Å². The summed E-state index contributed by atoms with van der Waals surface area (Å²) in [5.41, 5.74) is 9.50. The number of halogens is 1. The molecule has 2 heterocycles. The summed E-state index contributed by atoms with van der Waals surface area (Å²) < 4.78 is 3.74. The number of anilines is 1. The molecular weight excluding hydrogens is 250 g/mol. The van der Waals surface area contributed by atoms with Gasteiger partial charge in [0.1, 0.15) is 0 Å². The number of hydrogen-bond donors (Lipinski definition) is 1. The van der Waals surface area contributed by atoms with Crippen LogP contribution < -0.4 is 5.73 Å². The molecule has 0 saturated heterocycles. The van der Waals surface area contributed by atoms with Crippen LogP contribution >= 0.6 is 11.6 Å². The monoisotopic (exact) mass is 261 g/mol. The van der Waals surface area contributed by atoms with E-state index in [1.54, 1.807) is 10.9 Å². The van der Waals surface area contributed by atoms with Crippen molar-refractivity contribution in [1.29, 1.82) is 0 Å². The minimum Gasteiger partial charge on any atom is -0.369 e. The van der Waals surface area contributed by atoms with E-state index in [1.165, 1.54) is 0 Å². The second kappa shape index (κ2) is 3.74. The van der Waals surface area contributed by atoms with E-state index in [-0.39, 0.29) is 0 Å². The Hall–Kier alpha value is -2.01. The number of imidazole rings is 2. The number of hydrogen-bond acceptors (Lipinski definition) is 3. The normalized spacial score (nSPS) is 11.3. The Morgan fingerprint density at radius 2 is 2.06 bits per heavy atom. The lowest BCUT2D eigenvalue weighted by atomic mass is 10.1. The maximum atomic E-state index is 6.10. The Bertz CT molecular complexity index is 740. The van der Waals surface area contributed by atoms with E-state index in [2.05, 4.69) is 9.97 Å². The lowest BCUT2D eigenvalue weighted by Crippen LogP contribution is -1.98. The zero-order chi connectivity index (χ0) is 12.9. The molecule has 0 aliphatic carbocycles. The SMILES string of the molecule is Cn1c(N)nc(Cl)c1-c1ccc2c(c1)ncn2C. The van der Waals surface area contributed by atoms with E-state index in [0.717, 1.165) is 22.3 Å². The molecule has 0 spiro atoms. The van der Waals surface area contributed by atoms with E-state index < -0.39 is 0 Å². The molecule has 92 valence electrons. The third-order valence-electron chi connectivity index (χ3n) is 3.09. The average Bonchev–Trinajstić information content (AvgIpc) is 2.81. The summed E-state index contributed by atoms with van der Waals surface area (Å²) >= 11 is 6.10. The predicted octanol–water partition coefficient (Wildman–Crippen LogP) is 2.21. The Morgan fingerprint density at radius 3 is 2.72 bits per heavy atom. The van der Waals surface area contributed by atoms with Gasteiger partial charge in [0.15, 0.2) is 5.15 Å². The molecule has 0 aliphatic heterocycles. The Morgan fingerprint density at radius 1 is 1.28 bits per heavy atom. The number of fused-ring (bicyclic) bond motifs is 1. The molecule has 0 unspecified atom stereocenters. The number of benzene rings is 1. The van der Waals surface area contributed by atoms with Gasteiger partial charge in [-0.15, -0.1) is 0 Å². The molecule has 0 saturated carbocycles. The highest BCUT2D eigenvalue weighted by Gasteiger charge is 2.14. The molecule has 2 aromatic heterocycles. The number of rotatable bonds is 1. The summed E-state index contributed by atoms with van der Waals surface area (Å²) in [6.45, 7) is 0. The fraction of sp³-hybridized carbons (Fsp3) is 0.167. The summed E-state index contributed by atoms with van der Waals surface area (Å²) in [6.07, 6.45) is 1.79. The standard InChI is InChI=1S/C12H12ClN5/c1-17-6-15-8-5-7(3-4-9(8)17)10-11(13)16-12(14)18(10)2/h3-6H,1-2H3,(H2,14,16). The first-order valence-electron chi connectivity index (χ1n) is 5.47. The number of nitrogens with two attached hydrogens (primary N) is 1. The lowest BCUT2D eigenvalue weighted by Gasteiger charge is -2.04. The van der Waals surface area contributed by atoms with E-state index in [1.807, 2.05) is 36.9 Å².